The van der Waals surface area contributed by atoms with E-state index < -0.39 is 12.4 Å². The molecule has 0 aliphatic heterocycles. The van der Waals surface area contributed by atoms with Crippen LogP contribution in [0.5, 0.6) is 11.5 Å². The molecule has 13 heteroatoms. The number of rotatable bonds is 8. The van der Waals surface area contributed by atoms with Crippen molar-refractivity contribution in [3.05, 3.63) is 100 Å². The number of thiazole rings is 1. The highest BCUT2D eigenvalue weighted by atomic mass is 32.1. The van der Waals surface area contributed by atoms with Crippen LogP contribution < -0.4 is 19.6 Å². The lowest BCUT2D eigenvalue weighted by atomic mass is 10.0. The number of alkyl halides is 3. The highest BCUT2D eigenvalue weighted by Gasteiger charge is 2.31. The van der Waals surface area contributed by atoms with Crippen molar-refractivity contribution in [2.24, 2.45) is 4.99 Å². The third-order valence-corrected chi connectivity index (χ3v) is 7.60. The van der Waals surface area contributed by atoms with Crippen LogP contribution in [0.2, 0.25) is 0 Å². The minimum atomic E-state index is -4.76. The number of halogens is 3. The summed E-state index contributed by atoms with van der Waals surface area (Å²) in [7, 11) is 1.62. The fourth-order valence-corrected chi connectivity index (χ4v) is 5.36. The average molecular weight is 623 g/mol. The second-order valence-corrected chi connectivity index (χ2v) is 10.9. The Morgan fingerprint density at radius 2 is 1.75 bits per heavy atom. The van der Waals surface area contributed by atoms with Gasteiger partial charge in [0.1, 0.15) is 17.8 Å². The summed E-state index contributed by atoms with van der Waals surface area (Å²) >= 11 is 1.38. The zero-order chi connectivity index (χ0) is 31.4. The van der Waals surface area contributed by atoms with Gasteiger partial charge in [-0.3, -0.25) is 4.57 Å². The molecule has 0 aliphatic rings. The monoisotopic (exact) mass is 622 g/mol. The molecule has 0 atom stereocenters. The molecule has 3 aromatic carbocycles. The van der Waals surface area contributed by atoms with Gasteiger partial charge in [0.2, 0.25) is 0 Å². The summed E-state index contributed by atoms with van der Waals surface area (Å²) < 4.78 is 50.0. The van der Waals surface area contributed by atoms with Gasteiger partial charge >= 0.3 is 12.4 Å². The highest BCUT2D eigenvalue weighted by molar-refractivity contribution is 7.07. The number of nitrogens with zero attached hydrogens (tertiary/aromatic N) is 5. The molecule has 0 radical (unpaired) electrons. The molecule has 2 heterocycles. The van der Waals surface area contributed by atoms with Crippen molar-refractivity contribution >= 4 is 17.4 Å². The Labute approximate surface area is 255 Å². The third kappa shape index (κ3) is 7.17. The maximum Gasteiger partial charge on any atom is 0.573 e. The van der Waals surface area contributed by atoms with Crippen LogP contribution in [0.25, 0.3) is 22.8 Å². The number of ether oxygens (including phenoxy) is 2. The van der Waals surface area contributed by atoms with Gasteiger partial charge in [-0.15, -0.1) is 29.6 Å². The van der Waals surface area contributed by atoms with Crippen molar-refractivity contribution in [1.82, 2.24) is 24.6 Å². The summed E-state index contributed by atoms with van der Waals surface area (Å²) in [6, 6.07) is 18.1. The van der Waals surface area contributed by atoms with E-state index in [1.807, 2.05) is 59.3 Å². The summed E-state index contributed by atoms with van der Waals surface area (Å²) in [5.74, 6) is 1.09. The molecule has 228 valence electrons. The molecule has 0 unspecified atom stereocenters. The van der Waals surface area contributed by atoms with Gasteiger partial charge in [0.25, 0.3) is 0 Å². The van der Waals surface area contributed by atoms with E-state index in [2.05, 4.69) is 39.0 Å². The highest BCUT2D eigenvalue weighted by Crippen LogP contribution is 2.28. The number of methoxy groups -OCH3 is 1. The Balaban J connectivity index is 1.26. The normalized spacial score (nSPS) is 12.0. The number of aromatic nitrogens is 4. The average Bonchev–Trinajstić information content (AvgIpc) is 3.62. The Kier molecular flexibility index (Phi) is 8.86. The molecule has 0 bridgehead atoms. The molecule has 0 spiro atoms. The van der Waals surface area contributed by atoms with Crippen LogP contribution in [0.1, 0.15) is 36.6 Å². The molecule has 2 amide bonds. The van der Waals surface area contributed by atoms with Gasteiger partial charge in [0, 0.05) is 29.2 Å². The standard InChI is InChI=1S/C31H29F3N6O3S/c1-19(2)26-14-13-25(42-4)15-27(26)40-20(3)17-44-30(40)37-29(41)35-16-21-5-7-22(8-6-21)28-36-18-39(38-28)23-9-11-24(12-10-23)43-31(32,33)34/h5-15,17-19H,16H2,1-4H3,(H,35,41). The number of nitrogens with one attached hydrogen (secondary N) is 1. The van der Waals surface area contributed by atoms with Gasteiger partial charge in [-0.1, -0.05) is 44.2 Å². The quantitative estimate of drug-likeness (QED) is 0.202. The molecule has 1 N–H and O–H groups in total. The molecule has 44 heavy (non-hydrogen) atoms. The first-order chi connectivity index (χ1) is 21.0. The molecule has 2 aromatic heterocycles. The van der Waals surface area contributed by atoms with E-state index in [0.29, 0.717) is 16.3 Å². The lowest BCUT2D eigenvalue weighted by Gasteiger charge is -2.16. The number of urea groups is 1. The van der Waals surface area contributed by atoms with E-state index in [9.17, 15) is 18.0 Å². The molecule has 0 saturated carbocycles. The Hall–Kier alpha value is -4.91. The maximum absolute atomic E-state index is 12.8. The maximum atomic E-state index is 12.8. The number of hydrogen-bond donors (Lipinski definition) is 1. The van der Waals surface area contributed by atoms with Gasteiger partial charge in [0.15, 0.2) is 10.6 Å². The third-order valence-electron chi connectivity index (χ3n) is 6.66. The Morgan fingerprint density at radius 1 is 1.05 bits per heavy atom. The molecule has 0 fully saturated rings. The lowest BCUT2D eigenvalue weighted by molar-refractivity contribution is -0.274. The Morgan fingerprint density at radius 3 is 2.41 bits per heavy atom. The first-order valence-electron chi connectivity index (χ1n) is 13.6. The summed E-state index contributed by atoms with van der Waals surface area (Å²) in [4.78, 5) is 22.0. The SMILES string of the molecule is COc1ccc(C(C)C)c(-n2c(C)csc2=NC(=O)NCc2ccc(-c3ncn(-c4ccc(OC(F)(F)F)cc4)n3)cc2)c1. The first kappa shape index (κ1) is 30.5. The van der Waals surface area contributed by atoms with E-state index >= 15 is 0 Å². The first-order valence-corrected chi connectivity index (χ1v) is 14.4. The fourth-order valence-electron chi connectivity index (χ4n) is 4.49. The summed E-state index contributed by atoms with van der Waals surface area (Å²) in [5, 5.41) is 9.22. The topological polar surface area (TPSA) is 95.6 Å². The number of amides is 2. The minimum absolute atomic E-state index is 0.254. The fraction of sp³-hybridized carbons (Fsp3) is 0.226. The summed E-state index contributed by atoms with van der Waals surface area (Å²) in [6.07, 6.45) is -3.29. The molecule has 0 saturated heterocycles. The molecule has 9 nitrogen and oxygen atoms in total. The molecule has 5 aromatic rings. The van der Waals surface area contributed by atoms with E-state index in [0.717, 1.165) is 33.8 Å². The second-order valence-electron chi connectivity index (χ2n) is 10.1. The van der Waals surface area contributed by atoms with Crippen molar-refractivity contribution in [3.8, 4) is 34.3 Å². The number of carbonyl (C=O) groups is 1. The van der Waals surface area contributed by atoms with Gasteiger partial charge in [-0.25, -0.2) is 14.5 Å². The van der Waals surface area contributed by atoms with Crippen molar-refractivity contribution in [1.29, 1.82) is 0 Å². The molecule has 0 aliphatic carbocycles. The van der Waals surface area contributed by atoms with Crippen LogP contribution in [0.4, 0.5) is 18.0 Å². The van der Waals surface area contributed by atoms with Gasteiger partial charge in [-0.05, 0) is 54.3 Å². The van der Waals surface area contributed by atoms with E-state index in [1.165, 1.54) is 46.6 Å². The van der Waals surface area contributed by atoms with Crippen molar-refractivity contribution in [2.75, 3.05) is 7.11 Å². The zero-order valence-corrected chi connectivity index (χ0v) is 25.1. The predicted molar refractivity (Wildman–Crippen MR) is 160 cm³/mol. The number of aryl methyl sites for hydroxylation is 1. The second kappa shape index (κ2) is 12.8. The van der Waals surface area contributed by atoms with Crippen LogP contribution >= 0.6 is 11.3 Å². The smallest absolute Gasteiger partial charge is 0.497 e. The molecular weight excluding hydrogens is 593 g/mol. The number of carbonyl (C=O) groups excluding carboxylic acids is 1. The van der Waals surface area contributed by atoms with Crippen LogP contribution in [-0.2, 0) is 6.54 Å². The van der Waals surface area contributed by atoms with Crippen LogP contribution in [0.15, 0.2) is 83.4 Å². The van der Waals surface area contributed by atoms with E-state index in [-0.39, 0.29) is 18.2 Å². The minimum Gasteiger partial charge on any atom is -0.497 e. The van der Waals surface area contributed by atoms with Crippen LogP contribution in [0.3, 0.4) is 0 Å². The lowest BCUT2D eigenvalue weighted by Crippen LogP contribution is -2.24. The van der Waals surface area contributed by atoms with Crippen LogP contribution in [-0.4, -0.2) is 38.8 Å². The van der Waals surface area contributed by atoms with Crippen molar-refractivity contribution < 1.29 is 27.4 Å². The van der Waals surface area contributed by atoms with Gasteiger partial charge in [-0.2, -0.15) is 4.99 Å². The number of hydrogen-bond acceptors (Lipinski definition) is 6. The summed E-state index contributed by atoms with van der Waals surface area (Å²) in [5.41, 5.74) is 5.09. The van der Waals surface area contributed by atoms with Crippen molar-refractivity contribution in [2.45, 2.75) is 39.6 Å². The van der Waals surface area contributed by atoms with E-state index in [1.54, 1.807) is 7.11 Å². The zero-order valence-electron chi connectivity index (χ0n) is 24.3. The largest absolute Gasteiger partial charge is 0.573 e. The predicted octanol–water partition coefficient (Wildman–Crippen LogP) is 6.94. The van der Waals surface area contributed by atoms with Crippen molar-refractivity contribution in [3.63, 3.8) is 0 Å². The summed E-state index contributed by atoms with van der Waals surface area (Å²) in [6.45, 7) is 6.46. The van der Waals surface area contributed by atoms with Gasteiger partial charge in [0.05, 0.1) is 18.5 Å². The Bertz CT molecular complexity index is 1820. The molecule has 5 rings (SSSR count). The number of benzene rings is 3. The van der Waals surface area contributed by atoms with E-state index in [4.69, 9.17) is 4.74 Å². The van der Waals surface area contributed by atoms with Gasteiger partial charge < -0.3 is 14.8 Å². The molecular formula is C31H29F3N6O3S. The van der Waals surface area contributed by atoms with Crippen LogP contribution in [0, 0.1) is 6.92 Å².